The summed E-state index contributed by atoms with van der Waals surface area (Å²) in [4.78, 5) is 0. The van der Waals surface area contributed by atoms with Crippen LogP contribution in [0, 0.1) is 5.41 Å². The van der Waals surface area contributed by atoms with Crippen LogP contribution in [0.2, 0.25) is 4.48 Å². The third kappa shape index (κ3) is 96.0. The summed E-state index contributed by atoms with van der Waals surface area (Å²) < 4.78 is 2.24. The molecule has 0 aromatic rings. The fourth-order valence-corrected chi connectivity index (χ4v) is 0. The first-order valence-corrected chi connectivity index (χ1v) is 13.6. The predicted molar refractivity (Wildman–Crippen MR) is 33.5 cm³/mol. The van der Waals surface area contributed by atoms with Crippen molar-refractivity contribution in [3.8, 4) is 0 Å². The number of hydrogen-bond acceptors (Lipinski definition) is 1. The Bertz CT molecular complexity index is 25.5. The molecule has 0 rings (SSSR count). The van der Waals surface area contributed by atoms with Crippen LogP contribution in [0.5, 0.6) is 0 Å². The van der Waals surface area contributed by atoms with Gasteiger partial charge in [-0.1, -0.05) is 0 Å². The van der Waals surface area contributed by atoms with E-state index in [1.807, 2.05) is 0 Å². The van der Waals surface area contributed by atoms with Gasteiger partial charge in [-0.2, -0.15) is 0 Å². The van der Waals surface area contributed by atoms with Gasteiger partial charge in [0.05, 0.1) is 6.34 Å². The fourth-order valence-electron chi connectivity index (χ4n) is 0. The third-order valence-electron chi connectivity index (χ3n) is 0. The zero-order chi connectivity index (χ0) is 5.41. The first kappa shape index (κ1) is 9.98. The number of nitrogens with one attached hydrogen (secondary N) is 1. The predicted octanol–water partition coefficient (Wildman–Crippen LogP) is 0.601. The molecule has 6 heavy (non-hydrogen) atoms. The van der Waals surface area contributed by atoms with E-state index in [9.17, 15) is 0 Å². The van der Waals surface area contributed by atoms with Crippen LogP contribution in [-0.4, -0.2) is 28.2 Å². The minimum absolute atomic E-state index is 0.104. The summed E-state index contributed by atoms with van der Waals surface area (Å²) in [5, 5.41) is 5.86. The molecule has 0 spiro atoms. The fraction of sp³-hybridized carbons (Fsp3) is 0.500. The van der Waals surface area contributed by atoms with E-state index in [1.54, 1.807) is 0 Å². The molecule has 3 N–H and O–H groups in total. The SMILES string of the molecule is N=CN.[CH3][Pb][Br]. The van der Waals surface area contributed by atoms with Gasteiger partial charge < -0.3 is 5.73 Å². The van der Waals surface area contributed by atoms with Crippen LogP contribution in [0.3, 0.4) is 0 Å². The van der Waals surface area contributed by atoms with E-state index in [4.69, 9.17) is 5.41 Å². The van der Waals surface area contributed by atoms with Gasteiger partial charge in [-0.25, -0.2) is 0 Å². The van der Waals surface area contributed by atoms with Crippen molar-refractivity contribution >= 4 is 40.2 Å². The van der Waals surface area contributed by atoms with E-state index >= 15 is 0 Å². The average Bonchev–Trinajstić information content (AvgIpc) is 1.39. The van der Waals surface area contributed by atoms with Gasteiger partial charge in [0.15, 0.2) is 0 Å². The first-order valence-electron chi connectivity index (χ1n) is 1.31. The molecule has 0 atom stereocenters. The van der Waals surface area contributed by atoms with Crippen LogP contribution < -0.4 is 5.73 Å². The molecule has 0 bridgehead atoms. The zero-order valence-electron chi connectivity index (χ0n) is 3.53. The van der Waals surface area contributed by atoms with Gasteiger partial charge in [0, 0.05) is 0 Å². The van der Waals surface area contributed by atoms with Gasteiger partial charge in [-0.3, -0.25) is 5.41 Å². The second-order valence-corrected chi connectivity index (χ2v) is 8.78. The molecule has 4 heteroatoms. The van der Waals surface area contributed by atoms with Crippen LogP contribution >= 0.6 is 12.0 Å². The molecule has 0 aliphatic carbocycles. The zero-order valence-corrected chi connectivity index (χ0v) is 9.01. The molecule has 0 amide bonds. The molecule has 0 saturated heterocycles. The van der Waals surface area contributed by atoms with Crippen molar-refractivity contribution in [3.05, 3.63) is 0 Å². The van der Waals surface area contributed by atoms with Gasteiger partial charge in [-0.15, -0.1) is 0 Å². The molecule has 36 valence electrons. The van der Waals surface area contributed by atoms with Crippen molar-refractivity contribution in [2.75, 3.05) is 0 Å². The van der Waals surface area contributed by atoms with Crippen LogP contribution in [0.1, 0.15) is 0 Å². The molecule has 2 radical (unpaired) electrons. The maximum atomic E-state index is 5.86. The molecule has 0 heterocycles. The molecule has 2 nitrogen and oxygen atoms in total. The average molecular weight is 346 g/mol. The van der Waals surface area contributed by atoms with Gasteiger partial charge in [0.25, 0.3) is 0 Å². The topological polar surface area (TPSA) is 49.9 Å². The molecule has 0 fully saturated rings. The van der Waals surface area contributed by atoms with Gasteiger partial charge >= 0.3 is 38.3 Å². The summed E-state index contributed by atoms with van der Waals surface area (Å²) in [5.41, 5.74) is 4.39. The van der Waals surface area contributed by atoms with E-state index in [-0.39, 0.29) is 21.8 Å². The van der Waals surface area contributed by atoms with Gasteiger partial charge in [0.2, 0.25) is 0 Å². The Morgan fingerprint density at radius 1 is 2.00 bits per heavy atom. The monoisotopic (exact) mass is 346 g/mol. The normalized spacial score (nSPS) is 5.00. The number of nitrogens with two attached hydrogens (primary N) is 1. The van der Waals surface area contributed by atoms with Crippen molar-refractivity contribution in [1.82, 2.24) is 0 Å². The van der Waals surface area contributed by atoms with Crippen molar-refractivity contribution < 1.29 is 0 Å². The summed E-state index contributed by atoms with van der Waals surface area (Å²) in [6, 6.07) is 0. The Kier molecular flexibility index (Phi) is 28.1. The molecule has 0 aromatic heterocycles. The summed E-state index contributed by atoms with van der Waals surface area (Å²) in [6.45, 7) is 0. The first-order chi connectivity index (χ1) is 2.83. The van der Waals surface area contributed by atoms with E-state index in [2.05, 4.69) is 22.2 Å². The Hall–Kier alpha value is 0.872. The molecule has 0 aromatic carbocycles. The number of halogens is 1. The van der Waals surface area contributed by atoms with Crippen molar-refractivity contribution in [2.45, 2.75) is 4.48 Å². The standard InChI is InChI=1S/CH4N2.CH3.BrH.Pb/c2-1-3;;;/h1H,(H3,2,3);1H3;1H;/q;;;+1/p-1. The molecular weight excluding hydrogens is 339 g/mol. The summed E-state index contributed by atoms with van der Waals surface area (Å²) in [6.07, 6.45) is 0.750. The maximum absolute atomic E-state index is 5.86. The van der Waals surface area contributed by atoms with Crippen molar-refractivity contribution in [1.29, 1.82) is 5.41 Å². The number of rotatable bonds is 0. The minimum atomic E-state index is -0.104. The number of hydrogen-bond donors (Lipinski definition) is 2. The molecule has 0 aliphatic heterocycles. The molecule has 0 saturated carbocycles. The summed E-state index contributed by atoms with van der Waals surface area (Å²) in [7, 11) is 0. The van der Waals surface area contributed by atoms with Crippen molar-refractivity contribution in [2.24, 2.45) is 5.73 Å². The second-order valence-electron chi connectivity index (χ2n) is 0.356. The quantitative estimate of drug-likeness (QED) is 0.377. The summed E-state index contributed by atoms with van der Waals surface area (Å²) >= 11 is 3.24. The third-order valence-corrected chi connectivity index (χ3v) is 0. The van der Waals surface area contributed by atoms with Crippen LogP contribution in [0.25, 0.3) is 0 Å². The van der Waals surface area contributed by atoms with E-state index in [1.165, 1.54) is 0 Å². The Balaban J connectivity index is 0. The van der Waals surface area contributed by atoms with Gasteiger partial charge in [-0.05, 0) is 0 Å². The van der Waals surface area contributed by atoms with E-state index in [0.29, 0.717) is 0 Å². The Morgan fingerprint density at radius 3 is 2.00 bits per heavy atom. The second kappa shape index (κ2) is 16.9. The van der Waals surface area contributed by atoms with Gasteiger partial charge in [0.1, 0.15) is 0 Å². The van der Waals surface area contributed by atoms with E-state index in [0.717, 1.165) is 6.34 Å². The van der Waals surface area contributed by atoms with Crippen LogP contribution in [0.4, 0.5) is 0 Å². The molecule has 0 aliphatic rings. The molecular formula is C2H7BrN2Pb. The van der Waals surface area contributed by atoms with E-state index < -0.39 is 0 Å². The molecule has 0 unspecified atom stereocenters. The van der Waals surface area contributed by atoms with Crippen molar-refractivity contribution in [3.63, 3.8) is 0 Å². The van der Waals surface area contributed by atoms with Crippen LogP contribution in [0.15, 0.2) is 0 Å². The Morgan fingerprint density at radius 2 is 2.00 bits per heavy atom. The Labute approximate surface area is 55.5 Å². The summed E-state index contributed by atoms with van der Waals surface area (Å²) in [5.74, 6) is 0. The van der Waals surface area contributed by atoms with Crippen LogP contribution in [-0.2, 0) is 0 Å².